The first kappa shape index (κ1) is 15.9. The van der Waals surface area contributed by atoms with Crippen molar-refractivity contribution in [3.63, 3.8) is 0 Å². The minimum absolute atomic E-state index is 0.561. The number of piperidine rings is 1. The highest BCUT2D eigenvalue weighted by Crippen LogP contribution is 2.41. The first-order valence-electron chi connectivity index (χ1n) is 8.88. The number of thioether (sulfide) groups is 1. The minimum atomic E-state index is 0.561. The lowest BCUT2D eigenvalue weighted by atomic mass is 10.00. The van der Waals surface area contributed by atoms with Crippen LogP contribution in [0.5, 0.6) is 0 Å². The van der Waals surface area contributed by atoms with Crippen LogP contribution in [-0.2, 0) is 12.2 Å². The van der Waals surface area contributed by atoms with Crippen LogP contribution < -0.4 is 4.90 Å². The van der Waals surface area contributed by atoms with Crippen molar-refractivity contribution in [2.75, 3.05) is 18.0 Å². The molecule has 1 aliphatic heterocycles. The highest BCUT2D eigenvalue weighted by molar-refractivity contribution is 7.98. The van der Waals surface area contributed by atoms with Crippen LogP contribution in [0.25, 0.3) is 0 Å². The van der Waals surface area contributed by atoms with Crippen LogP contribution in [0.15, 0.2) is 9.68 Å². The molecule has 4 rings (SSSR count). The van der Waals surface area contributed by atoms with Gasteiger partial charge < -0.3 is 9.42 Å². The third-order valence-electron chi connectivity index (χ3n) is 4.78. The van der Waals surface area contributed by atoms with Gasteiger partial charge in [-0.15, -0.1) is 10.2 Å². The van der Waals surface area contributed by atoms with Crippen molar-refractivity contribution in [2.45, 2.75) is 62.9 Å². The molecule has 2 aromatic heterocycles. The highest BCUT2D eigenvalue weighted by atomic mass is 32.2. The summed E-state index contributed by atoms with van der Waals surface area (Å²) in [4.78, 5) is 6.77. The molecule has 2 fully saturated rings. The van der Waals surface area contributed by atoms with Gasteiger partial charge in [0, 0.05) is 25.6 Å². The van der Waals surface area contributed by atoms with Crippen molar-refractivity contribution >= 4 is 17.7 Å². The normalized spacial score (nSPS) is 19.2. The zero-order chi connectivity index (χ0) is 16.5. The van der Waals surface area contributed by atoms with E-state index in [9.17, 15) is 0 Å². The quantitative estimate of drug-likeness (QED) is 0.743. The van der Waals surface area contributed by atoms with Gasteiger partial charge in [-0.25, -0.2) is 0 Å². The number of aryl methyl sites for hydroxylation is 1. The number of nitrogens with zero attached hydrogens (tertiary/aromatic N) is 6. The van der Waals surface area contributed by atoms with Crippen LogP contribution in [0, 0.1) is 5.92 Å². The fourth-order valence-electron chi connectivity index (χ4n) is 3.06. The number of hydrogen-bond acceptors (Lipinski definition) is 7. The molecule has 8 heteroatoms. The molecule has 1 saturated heterocycles. The Bertz CT molecular complexity index is 687. The molecule has 0 N–H and O–H groups in total. The lowest BCUT2D eigenvalue weighted by Crippen LogP contribution is -2.34. The summed E-state index contributed by atoms with van der Waals surface area (Å²) in [5, 5.41) is 13.9. The van der Waals surface area contributed by atoms with Gasteiger partial charge in [0.1, 0.15) is 0 Å². The largest absolute Gasteiger partial charge is 0.341 e. The van der Waals surface area contributed by atoms with Gasteiger partial charge in [0.25, 0.3) is 0 Å². The molecule has 0 spiro atoms. The van der Waals surface area contributed by atoms with Crippen LogP contribution >= 0.6 is 11.8 Å². The first-order chi connectivity index (χ1) is 11.7. The van der Waals surface area contributed by atoms with Crippen LogP contribution in [0.1, 0.15) is 57.3 Å². The monoisotopic (exact) mass is 348 g/mol. The molecular weight excluding hydrogens is 324 g/mol. The second kappa shape index (κ2) is 6.74. The van der Waals surface area contributed by atoms with Gasteiger partial charge in [0.15, 0.2) is 11.0 Å². The molecule has 0 radical (unpaired) electrons. The van der Waals surface area contributed by atoms with E-state index in [1.165, 1.54) is 25.7 Å². The molecule has 7 nitrogen and oxygen atoms in total. The van der Waals surface area contributed by atoms with Gasteiger partial charge >= 0.3 is 0 Å². The molecule has 2 aromatic rings. The summed E-state index contributed by atoms with van der Waals surface area (Å²) in [6, 6.07) is 0.561. The molecular formula is C16H24N6OS. The Balaban J connectivity index is 1.49. The van der Waals surface area contributed by atoms with Crippen LogP contribution in [-0.4, -0.2) is 38.0 Å². The molecule has 1 saturated carbocycles. The molecule has 0 atom stereocenters. The van der Waals surface area contributed by atoms with E-state index in [4.69, 9.17) is 4.52 Å². The Morgan fingerprint density at radius 2 is 1.96 bits per heavy atom. The number of rotatable bonds is 6. The van der Waals surface area contributed by atoms with Gasteiger partial charge in [-0.2, -0.15) is 4.98 Å². The zero-order valence-electron chi connectivity index (χ0n) is 14.3. The molecule has 0 bridgehead atoms. The van der Waals surface area contributed by atoms with Crippen LogP contribution in [0.4, 0.5) is 5.95 Å². The maximum Gasteiger partial charge on any atom is 0.237 e. The van der Waals surface area contributed by atoms with E-state index in [1.54, 1.807) is 11.8 Å². The second-order valence-electron chi connectivity index (χ2n) is 6.80. The Morgan fingerprint density at radius 3 is 2.62 bits per heavy atom. The maximum absolute atomic E-state index is 5.28. The van der Waals surface area contributed by atoms with E-state index in [1.807, 2.05) is 6.92 Å². The Morgan fingerprint density at radius 1 is 1.17 bits per heavy atom. The van der Waals surface area contributed by atoms with E-state index in [2.05, 4.69) is 36.7 Å². The molecule has 0 aromatic carbocycles. The lowest BCUT2D eigenvalue weighted by molar-refractivity contribution is 0.385. The van der Waals surface area contributed by atoms with Crippen molar-refractivity contribution in [3.8, 4) is 0 Å². The number of anilines is 1. The van der Waals surface area contributed by atoms with Gasteiger partial charge in [0.2, 0.25) is 11.8 Å². The SMILES string of the molecule is CCc1noc(CSc2nnc(N3CCC(C)CC3)n2C2CC2)n1. The Labute approximate surface area is 146 Å². The molecule has 2 aliphatic rings. The maximum atomic E-state index is 5.28. The zero-order valence-corrected chi connectivity index (χ0v) is 15.1. The van der Waals surface area contributed by atoms with Crippen molar-refractivity contribution in [2.24, 2.45) is 5.92 Å². The second-order valence-corrected chi connectivity index (χ2v) is 7.74. The molecule has 3 heterocycles. The predicted octanol–water partition coefficient (Wildman–Crippen LogP) is 3.09. The molecule has 0 amide bonds. The fourth-order valence-corrected chi connectivity index (χ4v) is 3.90. The summed E-state index contributed by atoms with van der Waals surface area (Å²) < 4.78 is 7.61. The average molecular weight is 348 g/mol. The highest BCUT2D eigenvalue weighted by Gasteiger charge is 2.32. The Kier molecular flexibility index (Phi) is 4.47. The van der Waals surface area contributed by atoms with Crippen LogP contribution in [0.2, 0.25) is 0 Å². The number of aromatic nitrogens is 5. The standard InChI is InChI=1S/C16H24N6OS/c1-3-13-17-14(23-20-13)10-24-16-19-18-15(22(16)12-4-5-12)21-8-6-11(2)7-9-21/h11-12H,3-10H2,1-2H3. The van der Waals surface area contributed by atoms with E-state index in [0.717, 1.165) is 42.4 Å². The lowest BCUT2D eigenvalue weighted by Gasteiger charge is -2.31. The average Bonchev–Trinajstić information content (AvgIpc) is 3.18. The summed E-state index contributed by atoms with van der Waals surface area (Å²) in [5.74, 6) is 3.94. The number of hydrogen-bond donors (Lipinski definition) is 0. The van der Waals surface area contributed by atoms with E-state index < -0.39 is 0 Å². The molecule has 24 heavy (non-hydrogen) atoms. The summed E-state index contributed by atoms with van der Waals surface area (Å²) in [6.45, 7) is 6.52. The first-order valence-corrected chi connectivity index (χ1v) is 9.87. The van der Waals surface area contributed by atoms with Crippen molar-refractivity contribution in [1.29, 1.82) is 0 Å². The van der Waals surface area contributed by atoms with E-state index in [-0.39, 0.29) is 0 Å². The summed E-state index contributed by atoms with van der Waals surface area (Å²) in [7, 11) is 0. The van der Waals surface area contributed by atoms with E-state index >= 15 is 0 Å². The smallest absolute Gasteiger partial charge is 0.237 e. The fraction of sp³-hybridized carbons (Fsp3) is 0.750. The summed E-state index contributed by atoms with van der Waals surface area (Å²) in [5.41, 5.74) is 0. The molecule has 130 valence electrons. The van der Waals surface area contributed by atoms with Gasteiger partial charge in [-0.05, 0) is 31.6 Å². The minimum Gasteiger partial charge on any atom is -0.341 e. The van der Waals surface area contributed by atoms with Crippen LogP contribution in [0.3, 0.4) is 0 Å². The van der Waals surface area contributed by atoms with Gasteiger partial charge in [-0.1, -0.05) is 30.8 Å². The van der Waals surface area contributed by atoms with Gasteiger partial charge in [0.05, 0.1) is 5.75 Å². The summed E-state index contributed by atoms with van der Waals surface area (Å²) in [6.07, 6.45) is 5.72. The van der Waals surface area contributed by atoms with Crippen molar-refractivity contribution in [1.82, 2.24) is 24.9 Å². The van der Waals surface area contributed by atoms with Crippen molar-refractivity contribution in [3.05, 3.63) is 11.7 Å². The molecule has 1 aliphatic carbocycles. The third kappa shape index (κ3) is 3.29. The topological polar surface area (TPSA) is 72.9 Å². The van der Waals surface area contributed by atoms with E-state index in [0.29, 0.717) is 17.7 Å². The van der Waals surface area contributed by atoms with Gasteiger partial charge in [-0.3, -0.25) is 4.57 Å². The van der Waals surface area contributed by atoms with Crippen molar-refractivity contribution < 1.29 is 4.52 Å². The Hall–Kier alpha value is -1.57. The molecule has 0 unspecified atom stereocenters. The predicted molar refractivity (Wildman–Crippen MR) is 92.1 cm³/mol. The summed E-state index contributed by atoms with van der Waals surface area (Å²) >= 11 is 1.64. The third-order valence-corrected chi connectivity index (χ3v) is 5.70.